The topological polar surface area (TPSA) is 86.8 Å². The van der Waals surface area contributed by atoms with Gasteiger partial charge in [0, 0.05) is 12.6 Å². The smallest absolute Gasteiger partial charge is 0.244 e. The number of rotatable bonds is 11. The van der Waals surface area contributed by atoms with Gasteiger partial charge in [0.05, 0.1) is 11.9 Å². The van der Waals surface area contributed by atoms with Crippen molar-refractivity contribution in [2.24, 2.45) is 0 Å². The van der Waals surface area contributed by atoms with E-state index in [9.17, 15) is 18.0 Å². The lowest BCUT2D eigenvalue weighted by molar-refractivity contribution is -0.140. The number of hydrogen-bond donors (Lipinski definition) is 1. The van der Waals surface area contributed by atoms with Crippen LogP contribution in [0, 0.1) is 6.92 Å². The fourth-order valence-electron chi connectivity index (χ4n) is 4.82. The van der Waals surface area contributed by atoms with Crippen LogP contribution in [0.2, 0.25) is 0 Å². The van der Waals surface area contributed by atoms with Crippen molar-refractivity contribution < 1.29 is 18.0 Å². The number of carbonyl (C=O) groups is 2. The van der Waals surface area contributed by atoms with Crippen LogP contribution in [0.3, 0.4) is 0 Å². The van der Waals surface area contributed by atoms with Gasteiger partial charge in [-0.2, -0.15) is 0 Å². The van der Waals surface area contributed by atoms with Gasteiger partial charge in [0.1, 0.15) is 12.6 Å². The minimum absolute atomic E-state index is 0.130. The zero-order valence-corrected chi connectivity index (χ0v) is 23.6. The fraction of sp³-hybridized carbons (Fsp3) is 0.517. The van der Waals surface area contributed by atoms with Gasteiger partial charge in [0.15, 0.2) is 0 Å². The third kappa shape index (κ3) is 7.81. The van der Waals surface area contributed by atoms with Gasteiger partial charge in [-0.15, -0.1) is 0 Å². The summed E-state index contributed by atoms with van der Waals surface area (Å²) in [6, 6.07) is 14.5. The Bertz CT molecular complexity index is 1150. The van der Waals surface area contributed by atoms with Gasteiger partial charge < -0.3 is 10.2 Å². The first-order valence-electron chi connectivity index (χ1n) is 13.2. The average Bonchev–Trinajstić information content (AvgIpc) is 3.36. The normalized spacial score (nSPS) is 15.0. The molecule has 1 aliphatic rings. The van der Waals surface area contributed by atoms with Gasteiger partial charge in [-0.05, 0) is 55.4 Å². The Labute approximate surface area is 222 Å². The summed E-state index contributed by atoms with van der Waals surface area (Å²) in [6.07, 6.45) is 5.60. The van der Waals surface area contributed by atoms with Gasteiger partial charge in [0.2, 0.25) is 21.8 Å². The quantitative estimate of drug-likeness (QED) is 0.457. The molecule has 3 rings (SSSR count). The summed E-state index contributed by atoms with van der Waals surface area (Å²) in [6.45, 7) is 7.85. The number of benzene rings is 2. The van der Waals surface area contributed by atoms with Crippen molar-refractivity contribution in [3.8, 4) is 0 Å². The molecule has 1 aliphatic carbocycles. The largest absolute Gasteiger partial charge is 0.352 e. The van der Waals surface area contributed by atoms with Crippen LogP contribution in [0.15, 0.2) is 48.5 Å². The Balaban J connectivity index is 1.90. The molecule has 1 saturated carbocycles. The number of carbonyl (C=O) groups excluding carboxylic acids is 2. The summed E-state index contributed by atoms with van der Waals surface area (Å²) < 4.78 is 26.7. The number of sulfonamides is 1. The molecule has 0 spiro atoms. The van der Waals surface area contributed by atoms with Crippen molar-refractivity contribution in [2.75, 3.05) is 17.1 Å². The molecule has 0 heterocycles. The van der Waals surface area contributed by atoms with Crippen molar-refractivity contribution in [1.29, 1.82) is 0 Å². The summed E-state index contributed by atoms with van der Waals surface area (Å²) in [5.41, 5.74) is 3.50. The minimum Gasteiger partial charge on any atom is -0.352 e. The molecule has 37 heavy (non-hydrogen) atoms. The van der Waals surface area contributed by atoms with E-state index in [4.69, 9.17) is 0 Å². The van der Waals surface area contributed by atoms with E-state index >= 15 is 0 Å². The Morgan fingerprint density at radius 3 is 2.11 bits per heavy atom. The second-order valence-corrected chi connectivity index (χ2v) is 12.3. The third-order valence-electron chi connectivity index (χ3n) is 7.09. The Hall–Kier alpha value is -2.87. The van der Waals surface area contributed by atoms with Gasteiger partial charge in [-0.25, -0.2) is 8.42 Å². The van der Waals surface area contributed by atoms with Crippen LogP contribution in [0.4, 0.5) is 5.69 Å². The van der Waals surface area contributed by atoms with Gasteiger partial charge in [0.25, 0.3) is 0 Å². The lowest BCUT2D eigenvalue weighted by Gasteiger charge is -2.33. The molecule has 8 heteroatoms. The predicted octanol–water partition coefficient (Wildman–Crippen LogP) is 4.75. The maximum absolute atomic E-state index is 13.8. The van der Waals surface area contributed by atoms with Crippen LogP contribution in [0.25, 0.3) is 0 Å². The summed E-state index contributed by atoms with van der Waals surface area (Å²) in [5.74, 6) is -0.287. The first-order valence-corrected chi connectivity index (χ1v) is 15.1. The van der Waals surface area contributed by atoms with Crippen LogP contribution < -0.4 is 9.62 Å². The number of amides is 2. The number of hydrogen-bond acceptors (Lipinski definition) is 4. The third-order valence-corrected chi connectivity index (χ3v) is 8.23. The molecule has 0 aliphatic heterocycles. The van der Waals surface area contributed by atoms with Gasteiger partial charge in [-0.3, -0.25) is 13.9 Å². The van der Waals surface area contributed by atoms with Crippen molar-refractivity contribution in [3.05, 3.63) is 65.2 Å². The Kier molecular flexibility index (Phi) is 9.76. The summed E-state index contributed by atoms with van der Waals surface area (Å²) in [7, 11) is -3.74. The van der Waals surface area contributed by atoms with Gasteiger partial charge in [-0.1, -0.05) is 75.6 Å². The molecule has 2 aromatic rings. The number of nitrogens with zero attached hydrogens (tertiary/aromatic N) is 2. The highest BCUT2D eigenvalue weighted by Gasteiger charge is 2.33. The standard InChI is InChI=1S/C29H41N3O4S/c1-6-27(29(34)30-25-9-7-8-10-25)31(19-23-13-11-22(4)12-14-23)28(33)20-32(37(5,35)36)26-17-15-24(16-18-26)21(2)3/h11-18,21,25,27H,6-10,19-20H2,1-5H3,(H,30,34)/t27-/m0/s1. The lowest BCUT2D eigenvalue weighted by atomic mass is 10.0. The Morgan fingerprint density at radius 1 is 1.00 bits per heavy atom. The van der Waals surface area contributed by atoms with Crippen LogP contribution >= 0.6 is 0 Å². The molecular formula is C29H41N3O4S. The fourth-order valence-corrected chi connectivity index (χ4v) is 5.67. The molecule has 0 aromatic heterocycles. The molecule has 2 aromatic carbocycles. The second kappa shape index (κ2) is 12.6. The first-order chi connectivity index (χ1) is 17.5. The molecule has 2 amide bonds. The zero-order chi connectivity index (χ0) is 27.2. The van der Waals surface area contributed by atoms with E-state index in [2.05, 4.69) is 19.2 Å². The molecule has 202 valence electrons. The minimum atomic E-state index is -3.74. The molecule has 1 atom stereocenters. The highest BCUT2D eigenvalue weighted by molar-refractivity contribution is 7.92. The van der Waals surface area contributed by atoms with Crippen molar-refractivity contribution >= 4 is 27.5 Å². The lowest BCUT2D eigenvalue weighted by Crippen LogP contribution is -2.53. The monoisotopic (exact) mass is 527 g/mol. The summed E-state index contributed by atoms with van der Waals surface area (Å²) in [4.78, 5) is 28.7. The van der Waals surface area contributed by atoms with Crippen molar-refractivity contribution in [3.63, 3.8) is 0 Å². The van der Waals surface area contributed by atoms with E-state index in [1.807, 2.05) is 50.2 Å². The maximum Gasteiger partial charge on any atom is 0.244 e. The molecule has 0 saturated heterocycles. The molecule has 0 radical (unpaired) electrons. The van der Waals surface area contributed by atoms with Crippen LogP contribution in [-0.4, -0.2) is 50.0 Å². The van der Waals surface area contributed by atoms with Crippen LogP contribution in [0.1, 0.15) is 75.5 Å². The molecular weight excluding hydrogens is 486 g/mol. The highest BCUT2D eigenvalue weighted by Crippen LogP contribution is 2.24. The number of aryl methyl sites for hydroxylation is 1. The molecule has 0 bridgehead atoms. The maximum atomic E-state index is 13.8. The van der Waals surface area contributed by atoms with E-state index in [1.54, 1.807) is 12.1 Å². The first kappa shape index (κ1) is 28.7. The van der Waals surface area contributed by atoms with Crippen LogP contribution in [0.5, 0.6) is 0 Å². The molecule has 1 fully saturated rings. The predicted molar refractivity (Wildman–Crippen MR) is 149 cm³/mol. The van der Waals surface area contributed by atoms with Crippen molar-refractivity contribution in [1.82, 2.24) is 10.2 Å². The van der Waals surface area contributed by atoms with E-state index in [-0.39, 0.29) is 25.0 Å². The van der Waals surface area contributed by atoms with Crippen molar-refractivity contribution in [2.45, 2.75) is 84.3 Å². The van der Waals surface area contributed by atoms with E-state index in [0.717, 1.165) is 52.9 Å². The molecule has 7 nitrogen and oxygen atoms in total. The SMILES string of the molecule is CC[C@@H](C(=O)NC1CCCC1)N(Cc1ccc(C)cc1)C(=O)CN(c1ccc(C(C)C)cc1)S(C)(=O)=O. The van der Waals surface area contributed by atoms with E-state index in [0.29, 0.717) is 18.0 Å². The molecule has 1 N–H and O–H groups in total. The van der Waals surface area contributed by atoms with E-state index < -0.39 is 22.0 Å². The number of anilines is 1. The summed E-state index contributed by atoms with van der Waals surface area (Å²) in [5, 5.41) is 3.13. The van der Waals surface area contributed by atoms with E-state index in [1.165, 1.54) is 4.90 Å². The summed E-state index contributed by atoms with van der Waals surface area (Å²) >= 11 is 0. The highest BCUT2D eigenvalue weighted by atomic mass is 32.2. The Morgan fingerprint density at radius 2 is 1.59 bits per heavy atom. The van der Waals surface area contributed by atoms with Crippen LogP contribution in [-0.2, 0) is 26.2 Å². The number of nitrogens with one attached hydrogen (secondary N) is 1. The zero-order valence-electron chi connectivity index (χ0n) is 22.7. The molecule has 0 unspecified atom stereocenters. The van der Waals surface area contributed by atoms with Gasteiger partial charge >= 0.3 is 0 Å². The average molecular weight is 528 g/mol. The second-order valence-electron chi connectivity index (χ2n) is 10.4.